The van der Waals surface area contributed by atoms with Crippen LogP contribution in [0, 0.1) is 32.6 Å². The van der Waals surface area contributed by atoms with Gasteiger partial charge in [-0.3, -0.25) is 9.59 Å². The zero-order chi connectivity index (χ0) is 22.1. The van der Waals surface area contributed by atoms with Crippen molar-refractivity contribution in [3.05, 3.63) is 70.3 Å². The molecule has 0 amide bonds. The molecule has 0 aliphatic heterocycles. The molecule has 1 saturated carbocycles. The minimum atomic E-state index is -0.705. The summed E-state index contributed by atoms with van der Waals surface area (Å²) in [5.74, 6) is -1.08. The van der Waals surface area contributed by atoms with E-state index in [0.29, 0.717) is 14.7 Å². The number of carbonyl (C=O) groups is 2. The van der Waals surface area contributed by atoms with Crippen LogP contribution >= 0.6 is 9.12 Å². The third-order valence-electron chi connectivity index (χ3n) is 5.80. The number of carbonyl (C=O) groups excluding carboxylic acids is 2. The van der Waals surface area contributed by atoms with Gasteiger partial charge in [0.25, 0.3) is 0 Å². The highest BCUT2D eigenvalue weighted by Gasteiger charge is 2.38. The fourth-order valence-electron chi connectivity index (χ4n) is 4.52. The van der Waals surface area contributed by atoms with Crippen LogP contribution in [-0.2, 0) is 20.7 Å². The molecule has 4 nitrogen and oxygen atoms in total. The van der Waals surface area contributed by atoms with Crippen molar-refractivity contribution in [3.63, 3.8) is 0 Å². The van der Waals surface area contributed by atoms with Crippen LogP contribution < -0.4 is 0 Å². The molecule has 0 spiro atoms. The van der Waals surface area contributed by atoms with Gasteiger partial charge in [-0.15, -0.1) is 0 Å². The molecule has 0 saturated heterocycles. The van der Waals surface area contributed by atoms with Crippen LogP contribution in [0.1, 0.15) is 64.7 Å². The Balaban J connectivity index is 0.00000155. The first-order valence-electron chi connectivity index (χ1n) is 10.6. The van der Waals surface area contributed by atoms with Crippen molar-refractivity contribution in [2.24, 2.45) is 11.8 Å². The first kappa shape index (κ1) is 24.1. The van der Waals surface area contributed by atoms with E-state index in [1.54, 1.807) is 0 Å². The van der Waals surface area contributed by atoms with Gasteiger partial charge in [0.1, 0.15) is 12.5 Å². The Morgan fingerprint density at radius 2 is 1.53 bits per heavy atom. The Bertz CT molecular complexity index is 834. The summed E-state index contributed by atoms with van der Waals surface area (Å²) in [6.07, 6.45) is 5.17. The van der Waals surface area contributed by atoms with Gasteiger partial charge in [0.05, 0.1) is 9.12 Å². The highest BCUT2D eigenvalue weighted by Crippen LogP contribution is 2.34. The maximum Gasteiger partial charge on any atom is 0.317 e. The van der Waals surface area contributed by atoms with Gasteiger partial charge in [-0.2, -0.15) is 0 Å². The summed E-state index contributed by atoms with van der Waals surface area (Å²) in [7, 11) is 0.611. The maximum atomic E-state index is 13.5. The van der Waals surface area contributed by atoms with Crippen molar-refractivity contribution in [3.8, 4) is 0 Å². The molecule has 2 atom stereocenters. The molecular weight excluding hydrogens is 395 g/mol. The molecule has 1 aliphatic rings. The molecule has 2 aromatic carbocycles. The lowest BCUT2D eigenvalue weighted by molar-refractivity contribution is -0.150. The number of ketones is 1. The standard InChI is InChI=1S/C25H30O3.H3OP/c1-17-14-18(2)22(19(3)15-17)24(26)23(21-12-8-5-9-13-21)25(27)28-16-20-10-6-4-7-11-20;1-2/h4,6-7,10-11,14-15,21,23H,5,8-9,12-13,16H2,1-3H3;2H3. The molecule has 0 aromatic heterocycles. The quantitative estimate of drug-likeness (QED) is 0.257. The SMILES string of the molecule is Cc1cc(C)c(C(=O)C(C(=O)OCc2ccccc2)C2CCCCC2)c(C)c1.O=[PH3]. The monoisotopic (exact) mass is 428 g/mol. The van der Waals surface area contributed by atoms with E-state index >= 15 is 0 Å². The third-order valence-corrected chi connectivity index (χ3v) is 5.80. The van der Waals surface area contributed by atoms with Crippen LogP contribution in [0.4, 0.5) is 0 Å². The van der Waals surface area contributed by atoms with E-state index in [1.807, 2.05) is 63.2 Å². The third kappa shape index (κ3) is 6.15. The highest BCUT2D eigenvalue weighted by atomic mass is 31.0. The molecule has 0 radical (unpaired) electrons. The summed E-state index contributed by atoms with van der Waals surface area (Å²) in [6.45, 7) is 6.16. The molecule has 3 rings (SSSR count). The van der Waals surface area contributed by atoms with Gasteiger partial charge < -0.3 is 9.30 Å². The van der Waals surface area contributed by atoms with Crippen molar-refractivity contribution >= 4 is 20.9 Å². The summed E-state index contributed by atoms with van der Waals surface area (Å²) >= 11 is 0. The predicted molar refractivity (Wildman–Crippen MR) is 123 cm³/mol. The van der Waals surface area contributed by atoms with Crippen LogP contribution in [0.3, 0.4) is 0 Å². The second-order valence-electron chi connectivity index (χ2n) is 8.11. The Hall–Kier alpha value is -2.19. The van der Waals surface area contributed by atoms with Crippen LogP contribution in [-0.4, -0.2) is 11.8 Å². The first-order valence-corrected chi connectivity index (χ1v) is 11.2. The topological polar surface area (TPSA) is 60.4 Å². The normalized spacial score (nSPS) is 15.0. The molecule has 2 unspecified atom stereocenters. The van der Waals surface area contributed by atoms with E-state index in [1.165, 1.54) is 6.42 Å². The molecule has 30 heavy (non-hydrogen) atoms. The molecule has 1 fully saturated rings. The van der Waals surface area contributed by atoms with E-state index in [9.17, 15) is 9.59 Å². The van der Waals surface area contributed by atoms with Crippen molar-refractivity contribution in [2.45, 2.75) is 59.5 Å². The molecule has 5 heteroatoms. The minimum Gasteiger partial charge on any atom is -0.460 e. The number of esters is 1. The smallest absolute Gasteiger partial charge is 0.317 e. The van der Waals surface area contributed by atoms with E-state index in [0.717, 1.165) is 47.9 Å². The Labute approximate surface area is 181 Å². The van der Waals surface area contributed by atoms with E-state index < -0.39 is 5.92 Å². The number of rotatable bonds is 6. The number of hydrogen-bond acceptors (Lipinski definition) is 4. The number of hydrogen-bond donors (Lipinski definition) is 0. The maximum absolute atomic E-state index is 13.5. The zero-order valence-electron chi connectivity index (χ0n) is 18.3. The number of Topliss-reactive ketones (excluding diaryl/α,β-unsaturated/α-hetero) is 1. The summed E-state index contributed by atoms with van der Waals surface area (Å²) in [4.78, 5) is 26.6. The lowest BCUT2D eigenvalue weighted by atomic mass is 9.75. The lowest BCUT2D eigenvalue weighted by Crippen LogP contribution is -2.35. The van der Waals surface area contributed by atoms with Gasteiger partial charge in [0.2, 0.25) is 0 Å². The van der Waals surface area contributed by atoms with E-state index in [-0.39, 0.29) is 24.3 Å². The van der Waals surface area contributed by atoms with Gasteiger partial charge in [0, 0.05) is 5.56 Å². The van der Waals surface area contributed by atoms with Crippen molar-refractivity contribution in [1.29, 1.82) is 0 Å². The molecule has 162 valence electrons. The van der Waals surface area contributed by atoms with Crippen molar-refractivity contribution in [1.82, 2.24) is 0 Å². The molecule has 0 bridgehead atoms. The minimum absolute atomic E-state index is 0.0695. The highest BCUT2D eigenvalue weighted by molar-refractivity contribution is 7.00. The fourth-order valence-corrected chi connectivity index (χ4v) is 4.52. The van der Waals surface area contributed by atoms with Gasteiger partial charge in [-0.25, -0.2) is 0 Å². The largest absolute Gasteiger partial charge is 0.460 e. The average molecular weight is 429 g/mol. The van der Waals surface area contributed by atoms with Crippen LogP contribution in [0.25, 0.3) is 0 Å². The molecular formula is C25H33O4P. The van der Waals surface area contributed by atoms with Crippen LogP contribution in [0.5, 0.6) is 0 Å². The Morgan fingerprint density at radius 1 is 0.967 bits per heavy atom. The fraction of sp³-hybridized carbons (Fsp3) is 0.440. The lowest BCUT2D eigenvalue weighted by Gasteiger charge is -2.28. The summed E-state index contributed by atoms with van der Waals surface area (Å²) in [5, 5.41) is 0. The van der Waals surface area contributed by atoms with Gasteiger partial charge >= 0.3 is 5.97 Å². The van der Waals surface area contributed by atoms with Gasteiger partial charge in [-0.05, 0) is 56.2 Å². The molecule has 0 N–H and O–H groups in total. The van der Waals surface area contributed by atoms with Gasteiger partial charge in [-0.1, -0.05) is 67.3 Å². The second kappa shape index (κ2) is 11.9. The summed E-state index contributed by atoms with van der Waals surface area (Å²) < 4.78 is 13.9. The zero-order valence-corrected chi connectivity index (χ0v) is 19.7. The Morgan fingerprint density at radius 3 is 2.10 bits per heavy atom. The molecule has 2 aromatic rings. The molecule has 0 heterocycles. The Kier molecular flexibility index (Phi) is 9.52. The van der Waals surface area contributed by atoms with Crippen LogP contribution in [0.2, 0.25) is 0 Å². The van der Waals surface area contributed by atoms with Crippen molar-refractivity contribution < 1.29 is 18.9 Å². The molecule has 1 aliphatic carbocycles. The predicted octanol–water partition coefficient (Wildman–Crippen LogP) is 5.67. The first-order chi connectivity index (χ1) is 14.5. The van der Waals surface area contributed by atoms with Crippen molar-refractivity contribution in [2.75, 3.05) is 0 Å². The number of ether oxygens (including phenoxy) is 1. The second-order valence-corrected chi connectivity index (χ2v) is 8.11. The average Bonchev–Trinajstić information content (AvgIpc) is 2.75. The van der Waals surface area contributed by atoms with Crippen LogP contribution in [0.15, 0.2) is 42.5 Å². The number of aryl methyl sites for hydroxylation is 3. The van der Waals surface area contributed by atoms with E-state index in [2.05, 4.69) is 0 Å². The number of benzene rings is 2. The van der Waals surface area contributed by atoms with E-state index in [4.69, 9.17) is 9.30 Å². The summed E-state index contributed by atoms with van der Waals surface area (Å²) in [6, 6.07) is 13.7. The summed E-state index contributed by atoms with van der Waals surface area (Å²) in [5.41, 5.74) is 4.65. The van der Waals surface area contributed by atoms with Gasteiger partial charge in [0.15, 0.2) is 5.78 Å².